The van der Waals surface area contributed by atoms with Gasteiger partial charge in [0.25, 0.3) is 0 Å². The van der Waals surface area contributed by atoms with Crippen molar-refractivity contribution in [1.82, 2.24) is 0 Å². The van der Waals surface area contributed by atoms with Gasteiger partial charge in [-0.1, -0.05) is 24.3 Å². The lowest BCUT2D eigenvalue weighted by atomic mass is 9.76. The lowest BCUT2D eigenvalue weighted by Crippen LogP contribution is -2.21. The maximum absolute atomic E-state index is 5.60. The van der Waals surface area contributed by atoms with Crippen LogP contribution in [-0.4, -0.2) is 13.2 Å². The van der Waals surface area contributed by atoms with Gasteiger partial charge in [-0.15, -0.1) is 0 Å². The van der Waals surface area contributed by atoms with Crippen LogP contribution in [0.3, 0.4) is 0 Å². The molecule has 3 aliphatic rings. The van der Waals surface area contributed by atoms with Crippen LogP contribution in [0.1, 0.15) is 30.4 Å². The first-order valence-electron chi connectivity index (χ1n) is 7.54. The normalized spacial score (nSPS) is 38.4. The minimum atomic E-state index is 0.896. The van der Waals surface area contributed by atoms with Gasteiger partial charge in [0.05, 0.1) is 0 Å². The van der Waals surface area contributed by atoms with E-state index in [1.54, 1.807) is 11.1 Å². The number of hydrogen-bond donors (Lipinski definition) is 0. The highest BCUT2D eigenvalue weighted by Crippen LogP contribution is 2.46. The van der Waals surface area contributed by atoms with Crippen LogP contribution in [0.2, 0.25) is 0 Å². The summed E-state index contributed by atoms with van der Waals surface area (Å²) in [6.07, 6.45) is 6.95. The second-order valence-corrected chi connectivity index (χ2v) is 6.56. The van der Waals surface area contributed by atoms with Crippen molar-refractivity contribution in [1.29, 1.82) is 0 Å². The SMILES string of the molecule is c1ccc2c(c1)CCC(C1CC3COCC3C1)C2. The molecule has 1 aromatic rings. The number of ether oxygens (including phenoxy) is 1. The second kappa shape index (κ2) is 4.38. The average Bonchev–Trinajstić information content (AvgIpc) is 2.99. The van der Waals surface area contributed by atoms with E-state index in [2.05, 4.69) is 24.3 Å². The Morgan fingerprint density at radius 2 is 1.56 bits per heavy atom. The van der Waals surface area contributed by atoms with E-state index in [4.69, 9.17) is 4.74 Å². The summed E-state index contributed by atoms with van der Waals surface area (Å²) in [5, 5.41) is 0. The van der Waals surface area contributed by atoms with E-state index in [-0.39, 0.29) is 0 Å². The Balaban J connectivity index is 1.48. The van der Waals surface area contributed by atoms with E-state index in [1.807, 2.05) is 0 Å². The molecule has 1 aliphatic heterocycles. The maximum atomic E-state index is 5.60. The van der Waals surface area contributed by atoms with Gasteiger partial charge in [-0.2, -0.15) is 0 Å². The van der Waals surface area contributed by atoms with Crippen LogP contribution < -0.4 is 0 Å². The molecular formula is C17H22O. The quantitative estimate of drug-likeness (QED) is 0.733. The summed E-state index contributed by atoms with van der Waals surface area (Å²) in [6.45, 7) is 2.09. The molecule has 0 amide bonds. The topological polar surface area (TPSA) is 9.23 Å². The zero-order valence-corrected chi connectivity index (χ0v) is 11.0. The van der Waals surface area contributed by atoms with Gasteiger partial charge in [0.15, 0.2) is 0 Å². The van der Waals surface area contributed by atoms with Gasteiger partial charge < -0.3 is 4.74 Å². The number of rotatable bonds is 1. The van der Waals surface area contributed by atoms with Gasteiger partial charge in [-0.25, -0.2) is 0 Å². The summed E-state index contributed by atoms with van der Waals surface area (Å²) in [4.78, 5) is 0. The molecule has 1 saturated heterocycles. The third kappa shape index (κ3) is 1.80. The zero-order valence-electron chi connectivity index (χ0n) is 11.0. The largest absolute Gasteiger partial charge is 0.381 e. The summed E-state index contributed by atoms with van der Waals surface area (Å²) < 4.78 is 5.60. The van der Waals surface area contributed by atoms with E-state index < -0.39 is 0 Å². The van der Waals surface area contributed by atoms with Crippen molar-refractivity contribution in [2.75, 3.05) is 13.2 Å². The summed E-state index contributed by atoms with van der Waals surface area (Å²) >= 11 is 0. The fourth-order valence-corrected chi connectivity index (χ4v) is 4.55. The van der Waals surface area contributed by atoms with Crippen LogP contribution in [0.25, 0.3) is 0 Å². The van der Waals surface area contributed by atoms with Crippen molar-refractivity contribution in [3.63, 3.8) is 0 Å². The predicted molar refractivity (Wildman–Crippen MR) is 72.5 cm³/mol. The fourth-order valence-electron chi connectivity index (χ4n) is 4.55. The van der Waals surface area contributed by atoms with Crippen LogP contribution in [0.5, 0.6) is 0 Å². The summed E-state index contributed by atoms with van der Waals surface area (Å²) in [5.41, 5.74) is 3.23. The molecule has 0 spiro atoms. The lowest BCUT2D eigenvalue weighted by Gasteiger charge is -2.29. The number of benzene rings is 1. The molecule has 3 atom stereocenters. The second-order valence-electron chi connectivity index (χ2n) is 6.56. The van der Waals surface area contributed by atoms with Gasteiger partial charge in [-0.3, -0.25) is 0 Å². The molecule has 3 unspecified atom stereocenters. The number of aryl methyl sites for hydroxylation is 1. The van der Waals surface area contributed by atoms with Crippen molar-refractivity contribution in [3.05, 3.63) is 35.4 Å². The molecule has 1 nitrogen and oxygen atoms in total. The summed E-state index contributed by atoms with van der Waals surface area (Å²) in [7, 11) is 0. The fraction of sp³-hybridized carbons (Fsp3) is 0.647. The summed E-state index contributed by atoms with van der Waals surface area (Å²) in [5.74, 6) is 3.72. The molecule has 1 heteroatoms. The van der Waals surface area contributed by atoms with Gasteiger partial charge in [0.1, 0.15) is 0 Å². The third-order valence-corrected chi connectivity index (χ3v) is 5.59. The standard InChI is InChI=1S/C17H22O/c1-2-4-13-7-14(6-5-12(13)3-1)15-8-16-10-18-11-17(16)9-15/h1-4,14-17H,5-11H2. The molecule has 18 heavy (non-hydrogen) atoms. The Morgan fingerprint density at radius 1 is 0.833 bits per heavy atom. The van der Waals surface area contributed by atoms with Crippen molar-refractivity contribution in [3.8, 4) is 0 Å². The van der Waals surface area contributed by atoms with Crippen molar-refractivity contribution in [2.45, 2.75) is 32.1 Å². The van der Waals surface area contributed by atoms with Crippen molar-refractivity contribution >= 4 is 0 Å². The highest BCUT2D eigenvalue weighted by Gasteiger charge is 2.41. The Kier molecular flexibility index (Phi) is 2.69. The summed E-state index contributed by atoms with van der Waals surface area (Å²) in [6, 6.07) is 9.07. The Labute approximate surface area is 110 Å². The third-order valence-electron chi connectivity index (χ3n) is 5.59. The van der Waals surface area contributed by atoms with E-state index in [0.717, 1.165) is 36.9 Å². The smallest absolute Gasteiger partial charge is 0.0498 e. The molecule has 0 bridgehead atoms. The molecule has 0 aromatic heterocycles. The monoisotopic (exact) mass is 242 g/mol. The Hall–Kier alpha value is -0.820. The van der Waals surface area contributed by atoms with Crippen molar-refractivity contribution in [2.24, 2.45) is 23.7 Å². The van der Waals surface area contributed by atoms with Crippen LogP contribution in [-0.2, 0) is 17.6 Å². The Morgan fingerprint density at radius 3 is 2.33 bits per heavy atom. The molecular weight excluding hydrogens is 220 g/mol. The maximum Gasteiger partial charge on any atom is 0.0498 e. The van der Waals surface area contributed by atoms with E-state index in [0.29, 0.717) is 0 Å². The van der Waals surface area contributed by atoms with Gasteiger partial charge in [0.2, 0.25) is 0 Å². The molecule has 1 heterocycles. The lowest BCUT2D eigenvalue weighted by molar-refractivity contribution is 0.156. The highest BCUT2D eigenvalue weighted by atomic mass is 16.5. The van der Waals surface area contributed by atoms with Crippen LogP contribution in [0.4, 0.5) is 0 Å². The average molecular weight is 242 g/mol. The number of hydrogen-bond acceptors (Lipinski definition) is 1. The van der Waals surface area contributed by atoms with Crippen molar-refractivity contribution < 1.29 is 4.74 Å². The molecule has 96 valence electrons. The molecule has 4 rings (SSSR count). The molecule has 1 saturated carbocycles. The molecule has 2 fully saturated rings. The van der Waals surface area contributed by atoms with Crippen LogP contribution in [0, 0.1) is 23.7 Å². The molecule has 2 aliphatic carbocycles. The first kappa shape index (κ1) is 11.0. The molecule has 0 radical (unpaired) electrons. The minimum absolute atomic E-state index is 0.896. The minimum Gasteiger partial charge on any atom is -0.381 e. The molecule has 1 aromatic carbocycles. The Bertz CT molecular complexity index is 427. The molecule has 0 N–H and O–H groups in total. The zero-order chi connectivity index (χ0) is 11.9. The van der Waals surface area contributed by atoms with Crippen LogP contribution in [0.15, 0.2) is 24.3 Å². The van der Waals surface area contributed by atoms with Gasteiger partial charge in [0, 0.05) is 13.2 Å². The number of fused-ring (bicyclic) bond motifs is 2. The van der Waals surface area contributed by atoms with Gasteiger partial charge >= 0.3 is 0 Å². The van der Waals surface area contributed by atoms with E-state index in [9.17, 15) is 0 Å². The first-order valence-corrected chi connectivity index (χ1v) is 7.54. The van der Waals surface area contributed by atoms with Crippen LogP contribution >= 0.6 is 0 Å². The van der Waals surface area contributed by atoms with E-state index in [1.165, 1.54) is 32.1 Å². The van der Waals surface area contributed by atoms with Gasteiger partial charge in [-0.05, 0) is 66.9 Å². The highest BCUT2D eigenvalue weighted by molar-refractivity contribution is 5.29. The predicted octanol–water partition coefficient (Wildman–Crippen LogP) is 3.46. The van der Waals surface area contributed by atoms with E-state index >= 15 is 0 Å². The first-order chi connectivity index (χ1) is 8.90.